The van der Waals surface area contributed by atoms with Crippen molar-refractivity contribution >= 4 is 5.95 Å². The minimum Gasteiger partial charge on any atom is -0.353 e. The van der Waals surface area contributed by atoms with E-state index < -0.39 is 0 Å². The molecule has 4 nitrogen and oxygen atoms in total. The number of anilines is 1. The number of piperidine rings is 1. The van der Waals surface area contributed by atoms with E-state index in [1.54, 1.807) is 0 Å². The molecule has 0 saturated carbocycles. The van der Waals surface area contributed by atoms with Crippen molar-refractivity contribution in [3.63, 3.8) is 0 Å². The predicted molar refractivity (Wildman–Crippen MR) is 76.0 cm³/mol. The molecular formula is C14H26N4. The van der Waals surface area contributed by atoms with Crippen LogP contribution in [0.4, 0.5) is 5.95 Å². The minimum absolute atomic E-state index is 0.454. The molecule has 0 bridgehead atoms. The van der Waals surface area contributed by atoms with Crippen LogP contribution in [0, 0.1) is 12.8 Å². The van der Waals surface area contributed by atoms with Crippen molar-refractivity contribution in [3.05, 3.63) is 11.9 Å². The highest BCUT2D eigenvalue weighted by molar-refractivity contribution is 5.31. The SMILES string of the molecule is Cc1cn(C(C)C)c(NC2CCN(C)CC2C)n1. The lowest BCUT2D eigenvalue weighted by Gasteiger charge is -2.35. The standard InChI is InChI=1S/C14H26N4/c1-10(2)18-9-12(4)15-14(18)16-13-6-7-17(5)8-11(13)3/h9-11,13H,6-8H2,1-5H3,(H,15,16). The van der Waals surface area contributed by atoms with Crippen LogP contribution in [0.2, 0.25) is 0 Å². The summed E-state index contributed by atoms with van der Waals surface area (Å²) >= 11 is 0. The van der Waals surface area contributed by atoms with Gasteiger partial charge in [-0.1, -0.05) is 6.92 Å². The summed E-state index contributed by atoms with van der Waals surface area (Å²) in [6.07, 6.45) is 3.33. The van der Waals surface area contributed by atoms with Crippen molar-refractivity contribution < 1.29 is 0 Å². The summed E-state index contributed by atoms with van der Waals surface area (Å²) in [6.45, 7) is 11.1. The lowest BCUT2D eigenvalue weighted by Crippen LogP contribution is -2.43. The second-order valence-electron chi connectivity index (χ2n) is 5.99. The zero-order chi connectivity index (χ0) is 13.3. The van der Waals surface area contributed by atoms with Crippen molar-refractivity contribution in [2.45, 2.75) is 46.2 Å². The van der Waals surface area contributed by atoms with Gasteiger partial charge in [0, 0.05) is 24.8 Å². The number of rotatable bonds is 3. The summed E-state index contributed by atoms with van der Waals surface area (Å²) in [5.41, 5.74) is 1.09. The third kappa shape index (κ3) is 2.86. The highest BCUT2D eigenvalue weighted by Gasteiger charge is 2.25. The van der Waals surface area contributed by atoms with Crippen molar-refractivity contribution in [3.8, 4) is 0 Å². The average molecular weight is 250 g/mol. The van der Waals surface area contributed by atoms with E-state index in [9.17, 15) is 0 Å². The van der Waals surface area contributed by atoms with Gasteiger partial charge in [-0.05, 0) is 46.7 Å². The Labute approximate surface area is 110 Å². The molecule has 18 heavy (non-hydrogen) atoms. The number of hydrogen-bond donors (Lipinski definition) is 1. The first-order valence-electron chi connectivity index (χ1n) is 6.98. The van der Waals surface area contributed by atoms with Crippen molar-refractivity contribution in [1.82, 2.24) is 14.5 Å². The maximum Gasteiger partial charge on any atom is 0.203 e. The summed E-state index contributed by atoms with van der Waals surface area (Å²) < 4.78 is 2.24. The number of aryl methyl sites for hydroxylation is 1. The van der Waals surface area contributed by atoms with Crippen LogP contribution in [-0.2, 0) is 0 Å². The maximum absolute atomic E-state index is 4.62. The molecule has 1 aromatic rings. The van der Waals surface area contributed by atoms with Gasteiger partial charge in [0.05, 0.1) is 5.69 Å². The molecule has 1 fully saturated rings. The summed E-state index contributed by atoms with van der Waals surface area (Å²) in [5.74, 6) is 1.70. The summed E-state index contributed by atoms with van der Waals surface area (Å²) in [4.78, 5) is 7.02. The molecule has 1 aliphatic heterocycles. The van der Waals surface area contributed by atoms with E-state index in [2.05, 4.69) is 60.7 Å². The fourth-order valence-electron chi connectivity index (χ4n) is 2.75. The van der Waals surface area contributed by atoms with Crippen LogP contribution in [0.15, 0.2) is 6.20 Å². The average Bonchev–Trinajstić information content (AvgIpc) is 2.64. The summed E-state index contributed by atoms with van der Waals surface area (Å²) in [7, 11) is 2.20. The first kappa shape index (κ1) is 13.4. The Bertz CT molecular complexity index is 396. The largest absolute Gasteiger partial charge is 0.353 e. The van der Waals surface area contributed by atoms with Crippen LogP contribution in [0.5, 0.6) is 0 Å². The van der Waals surface area contributed by atoms with Crippen LogP contribution in [0.1, 0.15) is 38.9 Å². The monoisotopic (exact) mass is 250 g/mol. The fraction of sp³-hybridized carbons (Fsp3) is 0.786. The zero-order valence-electron chi connectivity index (χ0n) is 12.3. The van der Waals surface area contributed by atoms with Crippen LogP contribution >= 0.6 is 0 Å². The Morgan fingerprint density at radius 2 is 2.17 bits per heavy atom. The zero-order valence-corrected chi connectivity index (χ0v) is 12.3. The smallest absolute Gasteiger partial charge is 0.203 e. The van der Waals surface area contributed by atoms with Crippen LogP contribution in [0.25, 0.3) is 0 Å². The molecule has 102 valence electrons. The number of nitrogens with zero attached hydrogens (tertiary/aromatic N) is 3. The molecule has 2 rings (SSSR count). The maximum atomic E-state index is 4.62. The fourth-order valence-corrected chi connectivity index (χ4v) is 2.75. The van der Waals surface area contributed by atoms with E-state index in [-0.39, 0.29) is 0 Å². The number of hydrogen-bond acceptors (Lipinski definition) is 3. The van der Waals surface area contributed by atoms with Gasteiger partial charge in [-0.25, -0.2) is 4.98 Å². The van der Waals surface area contributed by atoms with Crippen molar-refractivity contribution in [1.29, 1.82) is 0 Å². The molecule has 0 amide bonds. The highest BCUT2D eigenvalue weighted by Crippen LogP contribution is 2.22. The second kappa shape index (κ2) is 5.31. The van der Waals surface area contributed by atoms with Gasteiger partial charge < -0.3 is 14.8 Å². The number of nitrogens with one attached hydrogen (secondary N) is 1. The van der Waals surface area contributed by atoms with Gasteiger partial charge in [0.15, 0.2) is 0 Å². The Hall–Kier alpha value is -1.03. The molecule has 0 spiro atoms. The van der Waals surface area contributed by atoms with Gasteiger partial charge in [0.25, 0.3) is 0 Å². The Morgan fingerprint density at radius 1 is 1.44 bits per heavy atom. The molecule has 0 radical (unpaired) electrons. The Balaban J connectivity index is 2.09. The lowest BCUT2D eigenvalue weighted by molar-refractivity contribution is 0.205. The molecule has 2 unspecified atom stereocenters. The molecule has 0 aliphatic carbocycles. The quantitative estimate of drug-likeness (QED) is 0.895. The molecule has 1 aromatic heterocycles. The van der Waals surface area contributed by atoms with Crippen molar-refractivity contribution in [2.75, 3.05) is 25.5 Å². The first-order valence-corrected chi connectivity index (χ1v) is 6.98. The van der Waals surface area contributed by atoms with Gasteiger partial charge in [-0.15, -0.1) is 0 Å². The van der Waals surface area contributed by atoms with Crippen LogP contribution in [-0.4, -0.2) is 40.6 Å². The van der Waals surface area contributed by atoms with Gasteiger partial charge in [-0.2, -0.15) is 0 Å². The summed E-state index contributed by atoms with van der Waals surface area (Å²) in [6, 6.07) is 0.996. The molecule has 1 aliphatic rings. The molecule has 1 N–H and O–H groups in total. The Kier molecular flexibility index (Phi) is 3.95. The molecule has 1 saturated heterocycles. The minimum atomic E-state index is 0.454. The predicted octanol–water partition coefficient (Wildman–Crippen LogP) is 2.52. The third-order valence-corrected chi connectivity index (χ3v) is 3.83. The third-order valence-electron chi connectivity index (χ3n) is 3.83. The van der Waals surface area contributed by atoms with E-state index in [1.807, 2.05) is 0 Å². The van der Waals surface area contributed by atoms with Crippen molar-refractivity contribution in [2.24, 2.45) is 5.92 Å². The summed E-state index contributed by atoms with van der Waals surface area (Å²) in [5, 5.41) is 3.65. The first-order chi connectivity index (χ1) is 8.47. The van der Waals surface area contributed by atoms with E-state index in [0.717, 1.165) is 11.6 Å². The van der Waals surface area contributed by atoms with Gasteiger partial charge in [0.2, 0.25) is 5.95 Å². The molecule has 2 atom stereocenters. The van der Waals surface area contributed by atoms with Gasteiger partial charge in [0.1, 0.15) is 0 Å². The Morgan fingerprint density at radius 3 is 2.78 bits per heavy atom. The molecule has 0 aromatic carbocycles. The van der Waals surface area contributed by atoms with E-state index >= 15 is 0 Å². The number of aromatic nitrogens is 2. The number of imidazole rings is 1. The highest BCUT2D eigenvalue weighted by atomic mass is 15.2. The topological polar surface area (TPSA) is 33.1 Å². The number of likely N-dealkylation sites (tertiary alicyclic amines) is 1. The van der Waals surface area contributed by atoms with Gasteiger partial charge >= 0.3 is 0 Å². The molecule has 4 heteroatoms. The van der Waals surface area contributed by atoms with Crippen LogP contribution in [0.3, 0.4) is 0 Å². The van der Waals surface area contributed by atoms with E-state index in [0.29, 0.717) is 18.0 Å². The molecular weight excluding hydrogens is 224 g/mol. The normalized spacial score (nSPS) is 25.7. The lowest BCUT2D eigenvalue weighted by atomic mass is 9.94. The second-order valence-corrected chi connectivity index (χ2v) is 5.99. The molecule has 2 heterocycles. The van der Waals surface area contributed by atoms with Gasteiger partial charge in [-0.3, -0.25) is 0 Å². The van der Waals surface area contributed by atoms with E-state index in [4.69, 9.17) is 0 Å². The van der Waals surface area contributed by atoms with Crippen LogP contribution < -0.4 is 5.32 Å². The van der Waals surface area contributed by atoms with E-state index in [1.165, 1.54) is 19.5 Å².